The summed E-state index contributed by atoms with van der Waals surface area (Å²) in [4.78, 5) is 12.1. The zero-order valence-corrected chi connectivity index (χ0v) is 17.2. The molecular weight excluding hydrogens is 444 g/mol. The van der Waals surface area contributed by atoms with Crippen molar-refractivity contribution in [3.05, 3.63) is 62.2 Å². The normalized spacial score (nSPS) is 12.9. The van der Waals surface area contributed by atoms with Crippen molar-refractivity contribution in [2.45, 2.75) is 18.5 Å². The molecule has 4 N–H and O–H groups in total. The van der Waals surface area contributed by atoms with Crippen LogP contribution < -0.4 is 11.5 Å². The van der Waals surface area contributed by atoms with Crippen LogP contribution in [0.3, 0.4) is 0 Å². The molecule has 0 unspecified atom stereocenters. The molecule has 0 aliphatic rings. The number of primary amides is 1. The van der Waals surface area contributed by atoms with Crippen LogP contribution in [-0.2, 0) is 19.6 Å². The van der Waals surface area contributed by atoms with Crippen LogP contribution in [0.1, 0.15) is 32.3 Å². The van der Waals surface area contributed by atoms with Crippen molar-refractivity contribution >= 4 is 28.8 Å². The van der Waals surface area contributed by atoms with Gasteiger partial charge in [0.15, 0.2) is 5.82 Å². The minimum absolute atomic E-state index is 0.00121. The number of carbonyl (C=O) groups is 1. The van der Waals surface area contributed by atoms with Crippen molar-refractivity contribution in [1.29, 1.82) is 0 Å². The van der Waals surface area contributed by atoms with E-state index in [-0.39, 0.29) is 44.6 Å². The number of halogens is 5. The molecule has 0 aliphatic carbocycles. The maximum absolute atomic E-state index is 14.4. The molecule has 160 valence electrons. The Kier molecular flexibility index (Phi) is 6.21. The van der Waals surface area contributed by atoms with Gasteiger partial charge in [-0.3, -0.25) is 9.48 Å². The molecule has 0 spiro atoms. The zero-order valence-electron chi connectivity index (χ0n) is 15.6. The van der Waals surface area contributed by atoms with Crippen LogP contribution in [-0.4, -0.2) is 22.2 Å². The van der Waals surface area contributed by atoms with Gasteiger partial charge in [-0.1, -0.05) is 29.8 Å². The number of alkyl halides is 3. The van der Waals surface area contributed by atoms with E-state index in [9.17, 15) is 22.4 Å². The minimum atomic E-state index is -4.56. The Bertz CT molecular complexity index is 1070. The highest BCUT2D eigenvalue weighted by Crippen LogP contribution is 2.45. The Morgan fingerprint density at radius 1 is 1.33 bits per heavy atom. The molecule has 2 aromatic heterocycles. The lowest BCUT2D eigenvalue weighted by molar-refractivity contribution is -0.138. The van der Waals surface area contributed by atoms with E-state index in [1.54, 1.807) is 0 Å². The molecule has 0 aliphatic heterocycles. The first-order chi connectivity index (χ1) is 14.1. The standard InChI is InChI=1S/C19H17ClF4N4OS/c1-28-15(12(21)8-27-28)14-13(16(18(26)29)30-17(14)20)10(7-25)6-9-4-2-3-5-11(9)19(22,23)24/h2-5,8,10H,6-7,25H2,1H3,(H2,26,29)/t10-/m1/s1. The molecule has 0 saturated carbocycles. The van der Waals surface area contributed by atoms with Gasteiger partial charge >= 0.3 is 6.18 Å². The fraction of sp³-hybridized carbons (Fsp3) is 0.263. The number of amides is 1. The SMILES string of the molecule is Cn1ncc(F)c1-c1c(Cl)sc(C(N)=O)c1[C@@H](CN)Cc1ccccc1C(F)(F)F. The van der Waals surface area contributed by atoms with Gasteiger partial charge in [-0.2, -0.15) is 18.3 Å². The summed E-state index contributed by atoms with van der Waals surface area (Å²) in [5.74, 6) is -2.29. The monoisotopic (exact) mass is 460 g/mol. The van der Waals surface area contributed by atoms with Gasteiger partial charge in [0.2, 0.25) is 0 Å². The van der Waals surface area contributed by atoms with Crippen LogP contribution >= 0.6 is 22.9 Å². The number of carbonyl (C=O) groups excluding carboxylic acids is 1. The molecule has 0 radical (unpaired) electrons. The summed E-state index contributed by atoms with van der Waals surface area (Å²) < 4.78 is 56.1. The maximum Gasteiger partial charge on any atom is 0.416 e. The van der Waals surface area contributed by atoms with Crippen molar-refractivity contribution in [3.8, 4) is 11.3 Å². The van der Waals surface area contributed by atoms with Gasteiger partial charge in [-0.05, 0) is 30.2 Å². The van der Waals surface area contributed by atoms with E-state index in [4.69, 9.17) is 23.1 Å². The van der Waals surface area contributed by atoms with E-state index in [0.717, 1.165) is 23.6 Å². The number of hydrogen-bond donors (Lipinski definition) is 2. The molecule has 1 atom stereocenters. The lowest BCUT2D eigenvalue weighted by Gasteiger charge is -2.20. The number of rotatable bonds is 6. The second kappa shape index (κ2) is 8.37. The highest BCUT2D eigenvalue weighted by molar-refractivity contribution is 7.18. The molecule has 2 heterocycles. The minimum Gasteiger partial charge on any atom is -0.365 e. The van der Waals surface area contributed by atoms with Gasteiger partial charge < -0.3 is 11.5 Å². The van der Waals surface area contributed by atoms with Crippen LogP contribution in [0.4, 0.5) is 17.6 Å². The van der Waals surface area contributed by atoms with Crippen LogP contribution in [0.15, 0.2) is 30.5 Å². The third-order valence-corrected chi connectivity index (χ3v) is 6.17. The Hall–Kier alpha value is -2.43. The van der Waals surface area contributed by atoms with Crippen LogP contribution in [0, 0.1) is 5.82 Å². The summed E-state index contributed by atoms with van der Waals surface area (Å²) in [7, 11) is 1.48. The number of hydrogen-bond acceptors (Lipinski definition) is 4. The number of aryl methyl sites for hydroxylation is 1. The largest absolute Gasteiger partial charge is 0.416 e. The molecule has 3 aromatic rings. The first-order valence-corrected chi connectivity index (χ1v) is 9.90. The number of nitrogens with two attached hydrogens (primary N) is 2. The van der Waals surface area contributed by atoms with Gasteiger partial charge in [0.05, 0.1) is 16.6 Å². The first-order valence-electron chi connectivity index (χ1n) is 8.71. The zero-order chi connectivity index (χ0) is 22.2. The number of aromatic nitrogens is 2. The third kappa shape index (κ3) is 4.07. The Balaban J connectivity index is 2.20. The Morgan fingerprint density at radius 3 is 2.53 bits per heavy atom. The Labute approximate surface area is 178 Å². The molecule has 1 aromatic carbocycles. The molecule has 0 saturated heterocycles. The van der Waals surface area contributed by atoms with Crippen LogP contribution in [0.2, 0.25) is 4.34 Å². The molecule has 0 fully saturated rings. The molecule has 0 bridgehead atoms. The van der Waals surface area contributed by atoms with Gasteiger partial charge in [-0.25, -0.2) is 4.39 Å². The molecule has 5 nitrogen and oxygen atoms in total. The Morgan fingerprint density at radius 2 is 2.00 bits per heavy atom. The van der Waals surface area contributed by atoms with Crippen molar-refractivity contribution < 1.29 is 22.4 Å². The quantitative estimate of drug-likeness (QED) is 0.536. The topological polar surface area (TPSA) is 86.9 Å². The summed E-state index contributed by atoms with van der Waals surface area (Å²) >= 11 is 7.15. The lowest BCUT2D eigenvalue weighted by atomic mass is 9.87. The summed E-state index contributed by atoms with van der Waals surface area (Å²) in [6.45, 7) is -0.119. The van der Waals surface area contributed by atoms with Crippen molar-refractivity contribution in [1.82, 2.24) is 9.78 Å². The molecular formula is C19H17ClF4N4OS. The highest BCUT2D eigenvalue weighted by Gasteiger charge is 2.35. The summed E-state index contributed by atoms with van der Waals surface area (Å²) in [6.07, 6.45) is -3.73. The third-order valence-electron chi connectivity index (χ3n) is 4.74. The predicted molar refractivity (Wildman–Crippen MR) is 107 cm³/mol. The smallest absolute Gasteiger partial charge is 0.365 e. The van der Waals surface area contributed by atoms with Gasteiger partial charge in [0.1, 0.15) is 10.0 Å². The maximum atomic E-state index is 14.4. The van der Waals surface area contributed by atoms with Crippen molar-refractivity contribution in [2.75, 3.05) is 6.54 Å². The fourth-order valence-electron chi connectivity index (χ4n) is 3.44. The van der Waals surface area contributed by atoms with E-state index < -0.39 is 29.4 Å². The van der Waals surface area contributed by atoms with E-state index in [1.807, 2.05) is 0 Å². The van der Waals surface area contributed by atoms with E-state index in [1.165, 1.54) is 29.9 Å². The second-order valence-corrected chi connectivity index (χ2v) is 8.24. The van der Waals surface area contributed by atoms with E-state index in [2.05, 4.69) is 5.10 Å². The summed E-state index contributed by atoms with van der Waals surface area (Å²) in [5, 5.41) is 3.84. The number of thiophene rings is 1. The molecule has 3 rings (SSSR count). The lowest BCUT2D eigenvalue weighted by Crippen LogP contribution is -2.21. The summed E-state index contributed by atoms with van der Waals surface area (Å²) in [6, 6.07) is 5.08. The number of benzene rings is 1. The van der Waals surface area contributed by atoms with E-state index in [0.29, 0.717) is 0 Å². The number of nitrogens with zero attached hydrogens (tertiary/aromatic N) is 2. The first kappa shape index (κ1) is 22.3. The van der Waals surface area contributed by atoms with Crippen LogP contribution in [0.5, 0.6) is 0 Å². The predicted octanol–water partition coefficient (Wildman–Crippen LogP) is 4.34. The molecule has 11 heteroatoms. The molecule has 30 heavy (non-hydrogen) atoms. The van der Waals surface area contributed by atoms with Crippen LogP contribution in [0.25, 0.3) is 11.3 Å². The van der Waals surface area contributed by atoms with Gasteiger partial charge in [-0.15, -0.1) is 11.3 Å². The molecule has 1 amide bonds. The fourth-order valence-corrected chi connectivity index (χ4v) is 4.83. The van der Waals surface area contributed by atoms with Gasteiger partial charge in [0.25, 0.3) is 5.91 Å². The average Bonchev–Trinajstić information content (AvgIpc) is 3.18. The van der Waals surface area contributed by atoms with Crippen molar-refractivity contribution in [2.24, 2.45) is 18.5 Å². The van der Waals surface area contributed by atoms with Gasteiger partial charge in [0, 0.05) is 18.5 Å². The van der Waals surface area contributed by atoms with E-state index >= 15 is 0 Å². The van der Waals surface area contributed by atoms with Crippen molar-refractivity contribution in [3.63, 3.8) is 0 Å². The second-order valence-electron chi connectivity index (χ2n) is 6.61. The average molecular weight is 461 g/mol. The summed E-state index contributed by atoms with van der Waals surface area (Å²) in [5.41, 5.74) is 11.0. The highest BCUT2D eigenvalue weighted by atomic mass is 35.5.